The maximum atomic E-state index is 12.6. The SMILES string of the molecule is C=CCn1c(C)c(/C=C(/C#N)C(=O)Nc2ccc(C)cc2)c2ccccc21. The number of nitriles is 1. The van der Waals surface area contributed by atoms with Gasteiger partial charge in [-0.2, -0.15) is 5.26 Å². The monoisotopic (exact) mass is 355 g/mol. The summed E-state index contributed by atoms with van der Waals surface area (Å²) in [4.78, 5) is 12.6. The Morgan fingerprint density at radius 1 is 1.19 bits per heavy atom. The molecule has 0 saturated carbocycles. The lowest BCUT2D eigenvalue weighted by molar-refractivity contribution is -0.112. The first-order chi connectivity index (χ1) is 13.0. The Bertz CT molecular complexity index is 1080. The molecule has 0 radical (unpaired) electrons. The predicted molar refractivity (Wildman–Crippen MR) is 110 cm³/mol. The maximum Gasteiger partial charge on any atom is 0.266 e. The molecule has 1 N–H and O–H groups in total. The van der Waals surface area contributed by atoms with E-state index < -0.39 is 5.91 Å². The van der Waals surface area contributed by atoms with Gasteiger partial charge in [-0.3, -0.25) is 4.79 Å². The fourth-order valence-electron chi connectivity index (χ4n) is 3.13. The number of carbonyl (C=O) groups is 1. The highest BCUT2D eigenvalue weighted by Gasteiger charge is 2.15. The summed E-state index contributed by atoms with van der Waals surface area (Å²) >= 11 is 0. The average molecular weight is 355 g/mol. The van der Waals surface area contributed by atoms with Crippen LogP contribution < -0.4 is 5.32 Å². The summed E-state index contributed by atoms with van der Waals surface area (Å²) in [5.74, 6) is -0.415. The lowest BCUT2D eigenvalue weighted by Crippen LogP contribution is -2.13. The molecule has 0 spiro atoms. The van der Waals surface area contributed by atoms with E-state index in [9.17, 15) is 10.1 Å². The molecule has 0 atom stereocenters. The number of aryl methyl sites for hydroxylation is 1. The highest BCUT2D eigenvalue weighted by Crippen LogP contribution is 2.28. The van der Waals surface area contributed by atoms with Gasteiger partial charge in [-0.1, -0.05) is 42.0 Å². The van der Waals surface area contributed by atoms with Crippen molar-refractivity contribution in [1.29, 1.82) is 5.26 Å². The van der Waals surface area contributed by atoms with E-state index in [4.69, 9.17) is 0 Å². The number of rotatable bonds is 5. The number of fused-ring (bicyclic) bond motifs is 1. The first kappa shape index (κ1) is 18.2. The molecule has 0 saturated heterocycles. The van der Waals surface area contributed by atoms with E-state index >= 15 is 0 Å². The molecule has 134 valence electrons. The van der Waals surface area contributed by atoms with Crippen LogP contribution in [0.1, 0.15) is 16.8 Å². The summed E-state index contributed by atoms with van der Waals surface area (Å²) in [6.07, 6.45) is 3.50. The van der Waals surface area contributed by atoms with Crippen LogP contribution in [0.5, 0.6) is 0 Å². The van der Waals surface area contributed by atoms with E-state index in [1.54, 1.807) is 6.08 Å². The number of nitrogens with one attached hydrogen (secondary N) is 1. The Morgan fingerprint density at radius 2 is 1.89 bits per heavy atom. The van der Waals surface area contributed by atoms with E-state index in [0.717, 1.165) is 27.7 Å². The third-order valence-electron chi connectivity index (χ3n) is 4.55. The average Bonchev–Trinajstić information content (AvgIpc) is 2.93. The van der Waals surface area contributed by atoms with Gasteiger partial charge in [-0.15, -0.1) is 6.58 Å². The lowest BCUT2D eigenvalue weighted by Gasteiger charge is -2.05. The Hall–Kier alpha value is -3.58. The van der Waals surface area contributed by atoms with Crippen LogP contribution >= 0.6 is 0 Å². The number of allylic oxidation sites excluding steroid dienone is 1. The van der Waals surface area contributed by atoms with Crippen LogP contribution in [0.4, 0.5) is 5.69 Å². The third kappa shape index (κ3) is 3.68. The molecule has 1 amide bonds. The van der Waals surface area contributed by atoms with Crippen molar-refractivity contribution < 1.29 is 4.79 Å². The van der Waals surface area contributed by atoms with E-state index in [2.05, 4.69) is 16.5 Å². The number of aromatic nitrogens is 1. The number of benzene rings is 2. The minimum absolute atomic E-state index is 0.0696. The van der Waals surface area contributed by atoms with Gasteiger partial charge in [0.15, 0.2) is 0 Å². The normalized spacial score (nSPS) is 11.2. The first-order valence-corrected chi connectivity index (χ1v) is 8.73. The van der Waals surface area contributed by atoms with E-state index in [0.29, 0.717) is 12.2 Å². The van der Waals surface area contributed by atoms with Crippen LogP contribution in [0, 0.1) is 25.2 Å². The third-order valence-corrected chi connectivity index (χ3v) is 4.55. The molecule has 4 heteroatoms. The largest absolute Gasteiger partial charge is 0.340 e. The van der Waals surface area contributed by atoms with Crippen molar-refractivity contribution in [3.05, 3.63) is 83.6 Å². The van der Waals surface area contributed by atoms with Gasteiger partial charge in [0, 0.05) is 34.4 Å². The number of carbonyl (C=O) groups excluding carboxylic acids is 1. The van der Waals surface area contributed by atoms with Gasteiger partial charge in [0.1, 0.15) is 11.6 Å². The number of hydrogen-bond acceptors (Lipinski definition) is 2. The standard InChI is InChI=1S/C23H21N3O/c1-4-13-26-17(3)21(20-7-5-6-8-22(20)26)14-18(15-24)23(27)25-19-11-9-16(2)10-12-19/h4-12,14H,1,13H2,2-3H3,(H,25,27)/b18-14-. The highest BCUT2D eigenvalue weighted by molar-refractivity contribution is 6.11. The number of nitrogens with zero attached hydrogens (tertiary/aromatic N) is 2. The minimum atomic E-state index is -0.415. The Balaban J connectivity index is 2.02. The summed E-state index contributed by atoms with van der Waals surface area (Å²) in [6.45, 7) is 8.45. The molecule has 27 heavy (non-hydrogen) atoms. The van der Waals surface area contributed by atoms with Crippen LogP contribution in [0.15, 0.2) is 66.8 Å². The van der Waals surface area contributed by atoms with E-state index in [-0.39, 0.29) is 5.57 Å². The zero-order chi connectivity index (χ0) is 19.4. The molecule has 0 fully saturated rings. The number of para-hydroxylation sites is 1. The van der Waals surface area contributed by atoms with Crippen molar-refractivity contribution in [3.8, 4) is 6.07 Å². The molecule has 0 unspecified atom stereocenters. The van der Waals surface area contributed by atoms with Crippen LogP contribution in [0.25, 0.3) is 17.0 Å². The van der Waals surface area contributed by atoms with Gasteiger partial charge in [-0.25, -0.2) is 0 Å². The fourth-order valence-corrected chi connectivity index (χ4v) is 3.13. The summed E-state index contributed by atoms with van der Waals surface area (Å²) in [5, 5.41) is 13.3. The van der Waals surface area contributed by atoms with Crippen molar-refractivity contribution in [2.45, 2.75) is 20.4 Å². The van der Waals surface area contributed by atoms with E-state index in [1.165, 1.54) is 0 Å². The van der Waals surface area contributed by atoms with Crippen LogP contribution in [-0.4, -0.2) is 10.5 Å². The van der Waals surface area contributed by atoms with Crippen molar-refractivity contribution in [3.63, 3.8) is 0 Å². The highest BCUT2D eigenvalue weighted by atomic mass is 16.1. The molecule has 1 aromatic heterocycles. The lowest BCUT2D eigenvalue weighted by atomic mass is 10.1. The second-order valence-electron chi connectivity index (χ2n) is 6.41. The quantitative estimate of drug-likeness (QED) is 0.398. The van der Waals surface area contributed by atoms with Gasteiger partial charge < -0.3 is 9.88 Å². The maximum absolute atomic E-state index is 12.6. The number of amides is 1. The van der Waals surface area contributed by atoms with Crippen molar-refractivity contribution >= 4 is 28.6 Å². The Morgan fingerprint density at radius 3 is 2.56 bits per heavy atom. The molecule has 0 aliphatic heterocycles. The zero-order valence-electron chi connectivity index (χ0n) is 15.5. The molecule has 0 aliphatic rings. The van der Waals surface area contributed by atoms with Gasteiger partial charge in [0.25, 0.3) is 5.91 Å². The molecular formula is C23H21N3O. The number of anilines is 1. The second kappa shape index (κ2) is 7.76. The van der Waals surface area contributed by atoms with Gasteiger partial charge in [-0.05, 0) is 38.1 Å². The molecule has 0 aliphatic carbocycles. The molecule has 2 aromatic carbocycles. The van der Waals surface area contributed by atoms with Crippen molar-refractivity contribution in [1.82, 2.24) is 4.57 Å². The van der Waals surface area contributed by atoms with E-state index in [1.807, 2.05) is 74.5 Å². The number of hydrogen-bond donors (Lipinski definition) is 1. The summed E-state index contributed by atoms with van der Waals surface area (Å²) in [6, 6.07) is 17.5. The summed E-state index contributed by atoms with van der Waals surface area (Å²) < 4.78 is 2.13. The Kier molecular flexibility index (Phi) is 5.23. The van der Waals surface area contributed by atoms with Gasteiger partial charge in [0.2, 0.25) is 0 Å². The second-order valence-corrected chi connectivity index (χ2v) is 6.41. The fraction of sp³-hybridized carbons (Fsp3) is 0.130. The molecule has 1 heterocycles. The van der Waals surface area contributed by atoms with Crippen LogP contribution in [0.2, 0.25) is 0 Å². The van der Waals surface area contributed by atoms with Crippen LogP contribution in [0.3, 0.4) is 0 Å². The molecule has 0 bridgehead atoms. The minimum Gasteiger partial charge on any atom is -0.340 e. The summed E-state index contributed by atoms with van der Waals surface area (Å²) in [5.41, 5.74) is 4.76. The van der Waals surface area contributed by atoms with Crippen LogP contribution in [-0.2, 0) is 11.3 Å². The van der Waals surface area contributed by atoms with Gasteiger partial charge >= 0.3 is 0 Å². The summed E-state index contributed by atoms with van der Waals surface area (Å²) in [7, 11) is 0. The molecule has 3 aromatic rings. The molecular weight excluding hydrogens is 334 g/mol. The first-order valence-electron chi connectivity index (χ1n) is 8.73. The van der Waals surface area contributed by atoms with Gasteiger partial charge in [0.05, 0.1) is 0 Å². The van der Waals surface area contributed by atoms with Crippen molar-refractivity contribution in [2.75, 3.05) is 5.32 Å². The van der Waals surface area contributed by atoms with Crippen molar-refractivity contribution in [2.24, 2.45) is 0 Å². The zero-order valence-corrected chi connectivity index (χ0v) is 15.5. The topological polar surface area (TPSA) is 57.8 Å². The Labute approximate surface area is 159 Å². The molecule has 3 rings (SSSR count). The predicted octanol–water partition coefficient (Wildman–Crippen LogP) is 4.99. The molecule has 4 nitrogen and oxygen atoms in total. The smallest absolute Gasteiger partial charge is 0.266 e.